The summed E-state index contributed by atoms with van der Waals surface area (Å²) in [6.07, 6.45) is 4.54. The summed E-state index contributed by atoms with van der Waals surface area (Å²) in [4.78, 5) is 2.19. The Balaban J connectivity index is 2.23. The van der Waals surface area contributed by atoms with Gasteiger partial charge in [-0.1, -0.05) is 55.0 Å². The molecule has 1 atom stereocenters. The molecule has 1 unspecified atom stereocenters. The summed E-state index contributed by atoms with van der Waals surface area (Å²) in [5, 5.41) is 11.2. The Hall–Kier alpha value is -1.30. The molecule has 114 valence electrons. The first-order valence-corrected chi connectivity index (χ1v) is 8.02. The van der Waals surface area contributed by atoms with Gasteiger partial charge in [0.25, 0.3) is 0 Å². The third kappa shape index (κ3) is 3.87. The third-order valence-corrected chi connectivity index (χ3v) is 4.65. The Morgan fingerprint density at radius 2 is 1.86 bits per heavy atom. The lowest BCUT2D eigenvalue weighted by Gasteiger charge is -2.29. The van der Waals surface area contributed by atoms with Gasteiger partial charge >= 0.3 is 0 Å². The van der Waals surface area contributed by atoms with E-state index >= 15 is 0 Å². The van der Waals surface area contributed by atoms with E-state index in [2.05, 4.69) is 37.6 Å². The molecule has 0 spiro atoms. The van der Waals surface area contributed by atoms with Crippen LogP contribution in [0.25, 0.3) is 0 Å². The second kappa shape index (κ2) is 7.11. The van der Waals surface area contributed by atoms with E-state index in [1.165, 1.54) is 12.8 Å². The Morgan fingerprint density at radius 3 is 2.43 bits per heavy atom. The molecule has 2 rings (SSSR count). The second-order valence-corrected chi connectivity index (χ2v) is 6.42. The number of rotatable bonds is 4. The van der Waals surface area contributed by atoms with Gasteiger partial charge in [-0.3, -0.25) is 4.90 Å². The van der Waals surface area contributed by atoms with E-state index in [4.69, 9.17) is 0 Å². The zero-order valence-electron chi connectivity index (χ0n) is 13.5. The van der Waals surface area contributed by atoms with Gasteiger partial charge in [-0.25, -0.2) is 0 Å². The minimum absolute atomic E-state index is 0.261. The molecule has 0 bridgehead atoms. The van der Waals surface area contributed by atoms with Crippen molar-refractivity contribution in [1.29, 1.82) is 0 Å². The fraction of sp³-hybridized carbons (Fsp3) is 0.579. The molecule has 0 radical (unpaired) electrons. The average molecular weight is 285 g/mol. The minimum atomic E-state index is -0.990. The van der Waals surface area contributed by atoms with Crippen LogP contribution in [0.1, 0.15) is 45.1 Å². The maximum atomic E-state index is 11.2. The van der Waals surface area contributed by atoms with Crippen molar-refractivity contribution in [2.24, 2.45) is 5.92 Å². The van der Waals surface area contributed by atoms with Gasteiger partial charge in [0.05, 0.1) is 6.54 Å². The summed E-state index contributed by atoms with van der Waals surface area (Å²) in [5.74, 6) is 6.67. The van der Waals surface area contributed by atoms with Crippen LogP contribution in [0, 0.1) is 17.8 Å². The van der Waals surface area contributed by atoms with Gasteiger partial charge in [-0.05, 0) is 39.3 Å². The SMILES string of the molecule is CC(C)N(C)CC#CC(O)(c1ccccc1)C1CCCC1. The maximum absolute atomic E-state index is 11.2. The number of aliphatic hydroxyl groups is 1. The Labute approximate surface area is 129 Å². The Kier molecular flexibility index (Phi) is 5.45. The number of benzene rings is 1. The lowest BCUT2D eigenvalue weighted by molar-refractivity contribution is 0.0367. The molecule has 1 aromatic carbocycles. The summed E-state index contributed by atoms with van der Waals surface area (Å²) in [6, 6.07) is 10.4. The van der Waals surface area contributed by atoms with E-state index < -0.39 is 5.60 Å². The third-order valence-electron chi connectivity index (χ3n) is 4.65. The van der Waals surface area contributed by atoms with Crippen LogP contribution in [-0.4, -0.2) is 29.6 Å². The molecule has 0 aromatic heterocycles. The van der Waals surface area contributed by atoms with Crippen molar-refractivity contribution in [3.8, 4) is 11.8 Å². The molecule has 1 aliphatic carbocycles. The molecular formula is C19H27NO. The molecule has 0 heterocycles. The van der Waals surface area contributed by atoms with Crippen LogP contribution in [0.5, 0.6) is 0 Å². The molecule has 0 saturated heterocycles. The Morgan fingerprint density at radius 1 is 1.24 bits per heavy atom. The molecule has 1 N–H and O–H groups in total. The molecule has 1 saturated carbocycles. The highest BCUT2D eigenvalue weighted by Crippen LogP contribution is 2.40. The van der Waals surface area contributed by atoms with Gasteiger partial charge < -0.3 is 5.11 Å². The molecule has 1 fully saturated rings. The average Bonchev–Trinajstić information content (AvgIpc) is 3.02. The van der Waals surface area contributed by atoms with Crippen LogP contribution in [-0.2, 0) is 5.60 Å². The highest BCUT2D eigenvalue weighted by molar-refractivity contribution is 5.33. The summed E-state index contributed by atoms with van der Waals surface area (Å²) in [7, 11) is 2.07. The standard InChI is InChI=1S/C19H27NO/c1-16(2)20(3)15-9-14-19(21,18-12-7-8-13-18)17-10-5-4-6-11-17/h4-6,10-11,16,18,21H,7-8,12-13,15H2,1-3H3. The monoisotopic (exact) mass is 285 g/mol. The Bertz CT molecular complexity index is 493. The molecule has 2 nitrogen and oxygen atoms in total. The lowest BCUT2D eigenvalue weighted by atomic mass is 9.80. The van der Waals surface area contributed by atoms with Gasteiger partial charge in [0.15, 0.2) is 5.60 Å². The summed E-state index contributed by atoms with van der Waals surface area (Å²) < 4.78 is 0. The van der Waals surface area contributed by atoms with Crippen molar-refractivity contribution >= 4 is 0 Å². The molecule has 1 aromatic rings. The molecule has 2 heteroatoms. The van der Waals surface area contributed by atoms with Crippen molar-refractivity contribution in [1.82, 2.24) is 4.90 Å². The second-order valence-electron chi connectivity index (χ2n) is 6.42. The van der Waals surface area contributed by atoms with Gasteiger partial charge in [0.2, 0.25) is 0 Å². The first-order valence-electron chi connectivity index (χ1n) is 8.02. The van der Waals surface area contributed by atoms with Gasteiger partial charge in [0.1, 0.15) is 0 Å². The summed E-state index contributed by atoms with van der Waals surface area (Å²) in [5.41, 5.74) is -0.0492. The van der Waals surface area contributed by atoms with Crippen LogP contribution >= 0.6 is 0 Å². The molecule has 21 heavy (non-hydrogen) atoms. The highest BCUT2D eigenvalue weighted by atomic mass is 16.3. The first-order chi connectivity index (χ1) is 10.0. The zero-order valence-corrected chi connectivity index (χ0v) is 13.5. The van der Waals surface area contributed by atoms with E-state index in [0.717, 1.165) is 18.4 Å². The molecule has 0 aliphatic heterocycles. The van der Waals surface area contributed by atoms with Gasteiger partial charge in [-0.15, -0.1) is 0 Å². The van der Waals surface area contributed by atoms with Gasteiger partial charge in [-0.2, -0.15) is 0 Å². The maximum Gasteiger partial charge on any atom is 0.153 e. The zero-order chi connectivity index (χ0) is 15.3. The van der Waals surface area contributed by atoms with E-state index in [1.807, 2.05) is 30.3 Å². The van der Waals surface area contributed by atoms with E-state index in [9.17, 15) is 5.11 Å². The predicted molar refractivity (Wildman–Crippen MR) is 87.8 cm³/mol. The number of nitrogens with zero attached hydrogens (tertiary/aromatic N) is 1. The summed E-state index contributed by atoms with van der Waals surface area (Å²) in [6.45, 7) is 5.00. The molecule has 0 amide bonds. The number of hydrogen-bond acceptors (Lipinski definition) is 2. The van der Waals surface area contributed by atoms with Crippen molar-refractivity contribution in [3.05, 3.63) is 35.9 Å². The van der Waals surface area contributed by atoms with E-state index in [0.29, 0.717) is 12.6 Å². The largest absolute Gasteiger partial charge is 0.373 e. The fourth-order valence-electron chi connectivity index (χ4n) is 2.93. The van der Waals surface area contributed by atoms with Gasteiger partial charge in [0, 0.05) is 12.0 Å². The highest BCUT2D eigenvalue weighted by Gasteiger charge is 2.38. The first kappa shape index (κ1) is 16.1. The van der Waals surface area contributed by atoms with Crippen LogP contribution in [0.3, 0.4) is 0 Å². The normalized spacial score (nSPS) is 18.6. The van der Waals surface area contributed by atoms with Crippen molar-refractivity contribution in [3.63, 3.8) is 0 Å². The quantitative estimate of drug-likeness (QED) is 0.857. The predicted octanol–water partition coefficient (Wildman–Crippen LogP) is 3.41. The smallest absolute Gasteiger partial charge is 0.153 e. The summed E-state index contributed by atoms with van der Waals surface area (Å²) >= 11 is 0. The molecular weight excluding hydrogens is 258 g/mol. The van der Waals surface area contributed by atoms with Crippen molar-refractivity contribution in [2.75, 3.05) is 13.6 Å². The fourth-order valence-corrected chi connectivity index (χ4v) is 2.93. The van der Waals surface area contributed by atoms with E-state index in [-0.39, 0.29) is 5.92 Å². The van der Waals surface area contributed by atoms with Crippen molar-refractivity contribution in [2.45, 2.75) is 51.2 Å². The minimum Gasteiger partial charge on any atom is -0.373 e. The van der Waals surface area contributed by atoms with Crippen LogP contribution in [0.15, 0.2) is 30.3 Å². The molecule has 1 aliphatic rings. The van der Waals surface area contributed by atoms with Crippen molar-refractivity contribution < 1.29 is 5.11 Å². The van der Waals surface area contributed by atoms with Crippen LogP contribution < -0.4 is 0 Å². The topological polar surface area (TPSA) is 23.5 Å². The van der Waals surface area contributed by atoms with Crippen LogP contribution in [0.2, 0.25) is 0 Å². The lowest BCUT2D eigenvalue weighted by Crippen LogP contribution is -2.33. The van der Waals surface area contributed by atoms with Crippen LogP contribution in [0.4, 0.5) is 0 Å². The number of hydrogen-bond donors (Lipinski definition) is 1. The van der Waals surface area contributed by atoms with E-state index in [1.54, 1.807) is 0 Å².